The van der Waals surface area contributed by atoms with Crippen molar-refractivity contribution in [3.63, 3.8) is 0 Å². The molecule has 2 N–H and O–H groups in total. The zero-order valence-electron chi connectivity index (χ0n) is 12.2. The molecule has 2 heterocycles. The van der Waals surface area contributed by atoms with Crippen molar-refractivity contribution in [3.05, 3.63) is 48.4 Å². The predicted molar refractivity (Wildman–Crippen MR) is 84.2 cm³/mol. The summed E-state index contributed by atoms with van der Waals surface area (Å²) in [5.41, 5.74) is 2.87. The Morgan fingerprint density at radius 3 is 2.73 bits per heavy atom. The molecule has 0 unspecified atom stereocenters. The largest absolute Gasteiger partial charge is 0.481 e. The number of carboxylic acid groups (broad SMARTS) is 1. The Morgan fingerprint density at radius 1 is 1.23 bits per heavy atom. The van der Waals surface area contributed by atoms with Crippen LogP contribution < -0.4 is 5.32 Å². The molecule has 0 atom stereocenters. The van der Waals surface area contributed by atoms with Gasteiger partial charge in [0.05, 0.1) is 11.8 Å². The minimum absolute atomic E-state index is 0.0640. The maximum absolute atomic E-state index is 10.7. The van der Waals surface area contributed by atoms with Gasteiger partial charge >= 0.3 is 5.97 Å². The topological polar surface area (TPSA) is 80.0 Å². The average Bonchev–Trinajstić information content (AvgIpc) is 2.92. The van der Waals surface area contributed by atoms with Gasteiger partial charge in [-0.25, -0.2) is 9.97 Å². The highest BCUT2D eigenvalue weighted by atomic mass is 16.4. The lowest BCUT2D eigenvalue weighted by Crippen LogP contribution is -2.04. The van der Waals surface area contributed by atoms with Gasteiger partial charge in [0.1, 0.15) is 17.8 Å². The van der Waals surface area contributed by atoms with Crippen LogP contribution in [0.4, 0.5) is 11.5 Å². The average molecular weight is 296 g/mol. The molecule has 3 rings (SSSR count). The third-order valence-corrected chi connectivity index (χ3v) is 3.44. The van der Waals surface area contributed by atoms with Crippen molar-refractivity contribution in [1.29, 1.82) is 0 Å². The van der Waals surface area contributed by atoms with Crippen LogP contribution in [0.2, 0.25) is 0 Å². The van der Waals surface area contributed by atoms with Crippen LogP contribution in [0, 0.1) is 6.92 Å². The Labute approximate surface area is 127 Å². The molecule has 0 saturated carbocycles. The van der Waals surface area contributed by atoms with E-state index in [4.69, 9.17) is 5.11 Å². The molecule has 2 aromatic heterocycles. The molecule has 0 spiro atoms. The molecule has 0 fully saturated rings. The van der Waals surface area contributed by atoms with E-state index in [1.807, 2.05) is 48.0 Å². The molecule has 6 heteroatoms. The molecule has 6 nitrogen and oxygen atoms in total. The van der Waals surface area contributed by atoms with E-state index in [0.717, 1.165) is 16.7 Å². The van der Waals surface area contributed by atoms with E-state index in [-0.39, 0.29) is 6.42 Å². The first-order valence-corrected chi connectivity index (χ1v) is 6.99. The number of benzene rings is 1. The molecule has 1 aromatic carbocycles. The van der Waals surface area contributed by atoms with Crippen LogP contribution in [0.25, 0.3) is 11.0 Å². The van der Waals surface area contributed by atoms with Crippen LogP contribution in [0.3, 0.4) is 0 Å². The fourth-order valence-electron chi connectivity index (χ4n) is 2.27. The lowest BCUT2D eigenvalue weighted by Gasteiger charge is -2.07. The van der Waals surface area contributed by atoms with Crippen molar-refractivity contribution in [2.24, 2.45) is 0 Å². The third kappa shape index (κ3) is 2.90. The van der Waals surface area contributed by atoms with Crippen molar-refractivity contribution >= 4 is 28.5 Å². The number of aromatic nitrogens is 3. The Bertz CT molecular complexity index is 809. The standard InChI is InChI=1S/C16H16N4O2/c1-11-2-4-12(5-3-11)19-15-13-6-8-20(9-7-14(21)22)16(13)18-10-17-15/h2-6,8,10H,7,9H2,1H3,(H,21,22)(H,17,18,19). The molecule has 22 heavy (non-hydrogen) atoms. The summed E-state index contributed by atoms with van der Waals surface area (Å²) in [5.74, 6) is -0.114. The first-order valence-electron chi connectivity index (χ1n) is 6.99. The number of carbonyl (C=O) groups is 1. The molecule has 0 aliphatic heterocycles. The lowest BCUT2D eigenvalue weighted by atomic mass is 10.2. The SMILES string of the molecule is Cc1ccc(Nc2ncnc3c2ccn3CCC(=O)O)cc1. The molecular weight excluding hydrogens is 280 g/mol. The highest BCUT2D eigenvalue weighted by Crippen LogP contribution is 2.24. The van der Waals surface area contributed by atoms with Crippen LogP contribution in [-0.2, 0) is 11.3 Å². The van der Waals surface area contributed by atoms with Gasteiger partial charge < -0.3 is 15.0 Å². The van der Waals surface area contributed by atoms with Gasteiger partial charge in [-0.3, -0.25) is 4.79 Å². The zero-order chi connectivity index (χ0) is 15.5. The van der Waals surface area contributed by atoms with Crippen LogP contribution in [0.5, 0.6) is 0 Å². The second-order valence-electron chi connectivity index (χ2n) is 5.10. The number of hydrogen-bond acceptors (Lipinski definition) is 4. The van der Waals surface area contributed by atoms with Crippen molar-refractivity contribution in [2.75, 3.05) is 5.32 Å². The highest BCUT2D eigenvalue weighted by molar-refractivity contribution is 5.89. The van der Waals surface area contributed by atoms with Gasteiger partial charge in [-0.2, -0.15) is 0 Å². The number of hydrogen-bond donors (Lipinski definition) is 2. The van der Waals surface area contributed by atoms with Crippen molar-refractivity contribution in [1.82, 2.24) is 14.5 Å². The first kappa shape index (κ1) is 14.1. The number of nitrogens with zero attached hydrogens (tertiary/aromatic N) is 3. The molecule has 0 aliphatic carbocycles. The van der Waals surface area contributed by atoms with Crippen LogP contribution >= 0.6 is 0 Å². The number of nitrogens with one attached hydrogen (secondary N) is 1. The number of aliphatic carboxylic acids is 1. The van der Waals surface area contributed by atoms with E-state index >= 15 is 0 Å². The summed E-state index contributed by atoms with van der Waals surface area (Å²) in [6.45, 7) is 2.43. The van der Waals surface area contributed by atoms with Gasteiger partial charge in [-0.15, -0.1) is 0 Å². The van der Waals surface area contributed by atoms with E-state index in [1.54, 1.807) is 0 Å². The Hall–Kier alpha value is -2.89. The fraction of sp³-hybridized carbons (Fsp3) is 0.188. The number of anilines is 2. The number of fused-ring (bicyclic) bond motifs is 1. The zero-order valence-corrected chi connectivity index (χ0v) is 12.2. The molecule has 0 aliphatic rings. The third-order valence-electron chi connectivity index (χ3n) is 3.44. The molecule has 0 saturated heterocycles. The Morgan fingerprint density at radius 2 is 2.00 bits per heavy atom. The normalized spacial score (nSPS) is 10.8. The summed E-state index contributed by atoms with van der Waals surface area (Å²) in [5, 5.41) is 12.9. The Kier molecular flexibility index (Phi) is 3.74. The minimum atomic E-state index is -0.825. The van der Waals surface area contributed by atoms with Crippen LogP contribution in [0.15, 0.2) is 42.9 Å². The molecular formula is C16H16N4O2. The number of carboxylic acids is 1. The van der Waals surface area contributed by atoms with E-state index < -0.39 is 5.97 Å². The minimum Gasteiger partial charge on any atom is -0.481 e. The van der Waals surface area contributed by atoms with E-state index in [2.05, 4.69) is 15.3 Å². The number of aryl methyl sites for hydroxylation is 2. The quantitative estimate of drug-likeness (QED) is 0.756. The van der Waals surface area contributed by atoms with Crippen LogP contribution in [0.1, 0.15) is 12.0 Å². The summed E-state index contributed by atoms with van der Waals surface area (Å²) in [6, 6.07) is 9.93. The monoisotopic (exact) mass is 296 g/mol. The van der Waals surface area contributed by atoms with Crippen LogP contribution in [-0.4, -0.2) is 25.6 Å². The second kappa shape index (κ2) is 5.85. The van der Waals surface area contributed by atoms with Gasteiger partial charge in [0.25, 0.3) is 0 Å². The maximum atomic E-state index is 10.7. The van der Waals surface area contributed by atoms with Gasteiger partial charge in [-0.1, -0.05) is 17.7 Å². The molecule has 112 valence electrons. The van der Waals surface area contributed by atoms with Gasteiger partial charge in [-0.05, 0) is 25.1 Å². The maximum Gasteiger partial charge on any atom is 0.305 e. The predicted octanol–water partition coefficient (Wildman–Crippen LogP) is 2.96. The first-order chi connectivity index (χ1) is 10.6. The summed E-state index contributed by atoms with van der Waals surface area (Å²) in [6.07, 6.45) is 3.38. The van der Waals surface area contributed by atoms with Gasteiger partial charge in [0.2, 0.25) is 0 Å². The molecule has 0 radical (unpaired) electrons. The van der Waals surface area contributed by atoms with E-state index in [1.165, 1.54) is 11.9 Å². The Balaban J connectivity index is 1.90. The van der Waals surface area contributed by atoms with Gasteiger partial charge in [0.15, 0.2) is 0 Å². The molecule has 0 amide bonds. The fourth-order valence-corrected chi connectivity index (χ4v) is 2.27. The highest BCUT2D eigenvalue weighted by Gasteiger charge is 2.09. The van der Waals surface area contributed by atoms with Crippen molar-refractivity contribution in [2.45, 2.75) is 19.9 Å². The van der Waals surface area contributed by atoms with Gasteiger partial charge in [0, 0.05) is 18.4 Å². The van der Waals surface area contributed by atoms with Crippen molar-refractivity contribution < 1.29 is 9.90 Å². The van der Waals surface area contributed by atoms with E-state index in [9.17, 15) is 4.79 Å². The molecule has 3 aromatic rings. The van der Waals surface area contributed by atoms with E-state index in [0.29, 0.717) is 12.4 Å². The summed E-state index contributed by atoms with van der Waals surface area (Å²) >= 11 is 0. The smallest absolute Gasteiger partial charge is 0.305 e. The number of rotatable bonds is 5. The summed E-state index contributed by atoms with van der Waals surface area (Å²) < 4.78 is 1.82. The summed E-state index contributed by atoms with van der Waals surface area (Å²) in [4.78, 5) is 19.2. The lowest BCUT2D eigenvalue weighted by molar-refractivity contribution is -0.137. The van der Waals surface area contributed by atoms with Crippen molar-refractivity contribution in [3.8, 4) is 0 Å². The molecule has 0 bridgehead atoms. The summed E-state index contributed by atoms with van der Waals surface area (Å²) in [7, 11) is 0. The second-order valence-corrected chi connectivity index (χ2v) is 5.10.